The van der Waals surface area contributed by atoms with Crippen molar-refractivity contribution in [2.45, 2.75) is 46.6 Å². The second-order valence-electron chi connectivity index (χ2n) is 10.7. The van der Waals surface area contributed by atoms with Gasteiger partial charge in [0.25, 0.3) is 0 Å². The number of halogens is 1. The van der Waals surface area contributed by atoms with Gasteiger partial charge in [-0.1, -0.05) is 20.8 Å². The van der Waals surface area contributed by atoms with E-state index >= 15 is 4.39 Å². The number of benzene rings is 2. The lowest BCUT2D eigenvalue weighted by Crippen LogP contribution is -2.45. The van der Waals surface area contributed by atoms with Gasteiger partial charge in [-0.25, -0.2) is 4.39 Å². The molecular formula is C29H39FN4O5. The molecule has 1 aliphatic rings. The average Bonchev–Trinajstić information content (AvgIpc) is 3.20. The standard InChI is InChI=1S/C29H39FN4O5/c1-7-38-23-15-19-16-33(28(31)24(19)25(30)27(23)39-8-2)17-22(35)18-13-20(29(3,4)5)26(37-6)21(14-18)32-9-11-34(36)12-10-32/h13-16,36H,7-12,17,31H2,1-6H3. The first-order chi connectivity index (χ1) is 18.5. The predicted molar refractivity (Wildman–Crippen MR) is 150 cm³/mol. The van der Waals surface area contributed by atoms with Crippen LogP contribution in [0.3, 0.4) is 0 Å². The van der Waals surface area contributed by atoms with Crippen molar-refractivity contribution in [2.75, 3.05) is 57.1 Å². The number of aromatic nitrogens is 1. The Hall–Kier alpha value is -3.50. The molecule has 0 spiro atoms. The third kappa shape index (κ3) is 5.62. The lowest BCUT2D eigenvalue weighted by atomic mass is 9.84. The Kier molecular flexibility index (Phi) is 8.27. The van der Waals surface area contributed by atoms with Crippen LogP contribution >= 0.6 is 0 Å². The zero-order valence-corrected chi connectivity index (χ0v) is 23.6. The van der Waals surface area contributed by atoms with Crippen molar-refractivity contribution in [3.8, 4) is 17.2 Å². The molecule has 0 radical (unpaired) electrons. The number of rotatable bonds is 9. The molecule has 1 aliphatic heterocycles. The number of fused-ring (bicyclic) bond motifs is 1. The summed E-state index contributed by atoms with van der Waals surface area (Å²) >= 11 is 0. The molecular weight excluding hydrogens is 503 g/mol. The Labute approximate surface area is 228 Å². The van der Waals surface area contributed by atoms with Gasteiger partial charge in [0.15, 0.2) is 23.1 Å². The molecule has 212 valence electrons. The van der Waals surface area contributed by atoms with Crippen LogP contribution < -0.4 is 24.8 Å². The molecule has 1 aromatic heterocycles. The number of nitrogens with zero attached hydrogens (tertiary/aromatic N) is 3. The van der Waals surface area contributed by atoms with Gasteiger partial charge < -0.3 is 34.6 Å². The number of methoxy groups -OCH3 is 1. The van der Waals surface area contributed by atoms with Gasteiger partial charge in [0.2, 0.25) is 0 Å². The molecule has 2 aromatic carbocycles. The van der Waals surface area contributed by atoms with Gasteiger partial charge in [-0.15, -0.1) is 0 Å². The fourth-order valence-electron chi connectivity index (χ4n) is 5.01. The highest BCUT2D eigenvalue weighted by Gasteiger charge is 2.28. The number of carbonyl (C=O) groups is 1. The highest BCUT2D eigenvalue weighted by molar-refractivity contribution is 6.00. The minimum atomic E-state index is -0.605. The highest BCUT2D eigenvalue weighted by atomic mass is 19.1. The Morgan fingerprint density at radius 3 is 2.31 bits per heavy atom. The Morgan fingerprint density at radius 1 is 1.05 bits per heavy atom. The molecule has 1 fully saturated rings. The fraction of sp³-hybridized carbons (Fsp3) is 0.483. The Balaban J connectivity index is 1.76. The monoisotopic (exact) mass is 542 g/mol. The molecule has 2 heterocycles. The predicted octanol–water partition coefficient (Wildman–Crippen LogP) is 4.86. The molecule has 39 heavy (non-hydrogen) atoms. The third-order valence-corrected chi connectivity index (χ3v) is 6.98. The van der Waals surface area contributed by atoms with Crippen molar-refractivity contribution in [3.63, 3.8) is 0 Å². The van der Waals surface area contributed by atoms with Crippen LogP contribution in [0.2, 0.25) is 0 Å². The van der Waals surface area contributed by atoms with E-state index in [1.165, 1.54) is 5.06 Å². The van der Waals surface area contributed by atoms with Crippen molar-refractivity contribution in [2.24, 2.45) is 0 Å². The Morgan fingerprint density at radius 2 is 1.72 bits per heavy atom. The summed E-state index contributed by atoms with van der Waals surface area (Å²) in [5.41, 5.74) is 8.29. The summed E-state index contributed by atoms with van der Waals surface area (Å²) in [6.07, 6.45) is 1.67. The smallest absolute Gasteiger partial charge is 0.197 e. The van der Waals surface area contributed by atoms with Crippen LogP contribution in [-0.4, -0.2) is 67.1 Å². The van der Waals surface area contributed by atoms with E-state index in [2.05, 4.69) is 25.7 Å². The number of piperazine rings is 1. The number of ether oxygens (including phenoxy) is 3. The first-order valence-corrected chi connectivity index (χ1v) is 13.3. The van der Waals surface area contributed by atoms with E-state index in [1.54, 1.807) is 30.9 Å². The first kappa shape index (κ1) is 28.5. The van der Waals surface area contributed by atoms with Crippen molar-refractivity contribution in [1.29, 1.82) is 0 Å². The van der Waals surface area contributed by atoms with Gasteiger partial charge in [-0.2, -0.15) is 5.06 Å². The number of anilines is 2. The molecule has 0 bridgehead atoms. The van der Waals surface area contributed by atoms with E-state index < -0.39 is 5.82 Å². The van der Waals surface area contributed by atoms with Crippen LogP contribution in [-0.2, 0) is 12.0 Å². The summed E-state index contributed by atoms with van der Waals surface area (Å²) in [6, 6.07) is 5.39. The largest absolute Gasteiger partial charge is 0.494 e. The quantitative estimate of drug-likeness (QED) is 0.370. The fourth-order valence-corrected chi connectivity index (χ4v) is 5.01. The van der Waals surface area contributed by atoms with Gasteiger partial charge in [-0.3, -0.25) is 4.79 Å². The number of ketones is 1. The molecule has 0 atom stereocenters. The number of hydrogen-bond acceptors (Lipinski definition) is 8. The minimum Gasteiger partial charge on any atom is -0.494 e. The number of nitrogens with two attached hydrogens (primary N) is 1. The maximum atomic E-state index is 15.5. The molecule has 9 nitrogen and oxygen atoms in total. The first-order valence-electron chi connectivity index (χ1n) is 13.3. The maximum absolute atomic E-state index is 15.5. The topological polar surface area (TPSA) is 102 Å². The van der Waals surface area contributed by atoms with Crippen LogP contribution in [0.4, 0.5) is 15.9 Å². The molecule has 4 rings (SSSR count). The summed E-state index contributed by atoms with van der Waals surface area (Å²) in [4.78, 5) is 15.8. The normalized spacial score (nSPS) is 14.6. The highest BCUT2D eigenvalue weighted by Crippen LogP contribution is 2.42. The van der Waals surface area contributed by atoms with Crippen LogP contribution in [0.15, 0.2) is 24.4 Å². The summed E-state index contributed by atoms with van der Waals surface area (Å²) in [6.45, 7) is 12.5. The SMILES string of the molecule is CCOc1cc2cn(CC(=O)c3cc(N4CCN(O)CC4)c(OC)c(C(C)(C)C)c3)c(N)c2c(F)c1OCC. The van der Waals surface area contributed by atoms with Gasteiger partial charge in [-0.05, 0) is 37.5 Å². The van der Waals surface area contributed by atoms with Crippen molar-refractivity contribution in [3.05, 3.63) is 41.3 Å². The molecule has 0 amide bonds. The summed E-state index contributed by atoms with van der Waals surface area (Å²) in [7, 11) is 1.63. The van der Waals surface area contributed by atoms with E-state index in [0.29, 0.717) is 55.2 Å². The van der Waals surface area contributed by atoms with E-state index in [0.717, 1.165) is 11.3 Å². The molecule has 1 saturated heterocycles. The number of Topliss-reactive ketones (excluding diaryl/α,β-unsaturated/α-hetero) is 1. The summed E-state index contributed by atoms with van der Waals surface area (Å²) in [5.74, 6) is 0.388. The van der Waals surface area contributed by atoms with Gasteiger partial charge in [0.1, 0.15) is 11.6 Å². The van der Waals surface area contributed by atoms with Gasteiger partial charge in [0, 0.05) is 48.9 Å². The molecule has 10 heteroatoms. The van der Waals surface area contributed by atoms with Crippen molar-refractivity contribution < 1.29 is 28.6 Å². The zero-order valence-electron chi connectivity index (χ0n) is 23.6. The average molecular weight is 543 g/mol. The maximum Gasteiger partial charge on any atom is 0.197 e. The van der Waals surface area contributed by atoms with Gasteiger partial charge in [0.05, 0.1) is 37.9 Å². The lowest BCUT2D eigenvalue weighted by molar-refractivity contribution is -0.0936. The minimum absolute atomic E-state index is 0.0141. The zero-order chi connectivity index (χ0) is 28.5. The van der Waals surface area contributed by atoms with E-state index in [4.69, 9.17) is 19.9 Å². The number of hydrogen-bond donors (Lipinski definition) is 2. The molecule has 0 aliphatic carbocycles. The Bertz CT molecular complexity index is 1360. The lowest BCUT2D eigenvalue weighted by Gasteiger charge is -2.35. The van der Waals surface area contributed by atoms with E-state index in [9.17, 15) is 10.0 Å². The summed E-state index contributed by atoms with van der Waals surface area (Å²) in [5, 5.41) is 11.9. The third-order valence-electron chi connectivity index (χ3n) is 6.98. The number of nitrogen functional groups attached to an aromatic ring is 1. The van der Waals surface area contributed by atoms with Crippen LogP contribution in [0, 0.1) is 5.82 Å². The van der Waals surface area contributed by atoms with Gasteiger partial charge >= 0.3 is 0 Å². The van der Waals surface area contributed by atoms with Crippen molar-refractivity contribution >= 4 is 28.1 Å². The van der Waals surface area contributed by atoms with Crippen LogP contribution in [0.25, 0.3) is 10.8 Å². The van der Waals surface area contributed by atoms with E-state index in [1.807, 2.05) is 19.1 Å². The molecule has 0 unspecified atom stereocenters. The van der Waals surface area contributed by atoms with Crippen LogP contribution in [0.1, 0.15) is 50.5 Å². The van der Waals surface area contributed by atoms with E-state index in [-0.39, 0.29) is 41.3 Å². The molecule has 3 N–H and O–H groups in total. The second-order valence-corrected chi connectivity index (χ2v) is 10.7. The number of hydroxylamine groups is 2. The summed E-state index contributed by atoms with van der Waals surface area (Å²) < 4.78 is 34.0. The van der Waals surface area contributed by atoms with Crippen molar-refractivity contribution in [1.82, 2.24) is 9.63 Å². The van der Waals surface area contributed by atoms with Crippen LogP contribution in [0.5, 0.6) is 17.2 Å². The molecule has 3 aromatic rings. The number of carbonyl (C=O) groups excluding carboxylic acids is 1. The second kappa shape index (κ2) is 11.3. The molecule has 0 saturated carbocycles.